The molecule has 26 heavy (non-hydrogen) atoms. The highest BCUT2D eigenvalue weighted by Gasteiger charge is 2.07. The molecule has 0 bridgehead atoms. The second-order valence-electron chi connectivity index (χ2n) is 5.91. The number of carbonyl (C=O) groups excluding carboxylic acids is 1. The number of aryl methyl sites for hydroxylation is 1. The van der Waals surface area contributed by atoms with Gasteiger partial charge in [0.05, 0.1) is 11.9 Å². The van der Waals surface area contributed by atoms with E-state index in [9.17, 15) is 4.79 Å². The van der Waals surface area contributed by atoms with Crippen molar-refractivity contribution in [3.8, 4) is 0 Å². The van der Waals surface area contributed by atoms with E-state index in [1.165, 1.54) is 5.56 Å². The summed E-state index contributed by atoms with van der Waals surface area (Å²) in [5.74, 6) is 0.272. The minimum Gasteiger partial charge on any atom is -0.384 e. The monoisotopic (exact) mass is 365 g/mol. The van der Waals surface area contributed by atoms with Gasteiger partial charge in [0, 0.05) is 17.1 Å². The molecule has 1 heterocycles. The molecule has 0 saturated heterocycles. The predicted octanol–water partition coefficient (Wildman–Crippen LogP) is 5.03. The number of nitrogens with zero attached hydrogens (tertiary/aromatic N) is 1. The van der Waals surface area contributed by atoms with Crippen LogP contribution in [0.1, 0.15) is 22.3 Å². The van der Waals surface area contributed by atoms with Crippen molar-refractivity contribution in [2.24, 2.45) is 0 Å². The largest absolute Gasteiger partial charge is 0.384 e. The topological polar surface area (TPSA) is 54.0 Å². The molecule has 0 aliphatic heterocycles. The predicted molar refractivity (Wildman–Crippen MR) is 107 cm³/mol. The first kappa shape index (κ1) is 18.0. The summed E-state index contributed by atoms with van der Waals surface area (Å²) < 4.78 is 0. The maximum absolute atomic E-state index is 12.2. The molecule has 0 aliphatic carbocycles. The lowest BCUT2D eigenvalue weighted by Gasteiger charge is -2.08. The zero-order chi connectivity index (χ0) is 18.2. The van der Waals surface area contributed by atoms with Crippen molar-refractivity contribution in [3.63, 3.8) is 0 Å². The number of amides is 1. The van der Waals surface area contributed by atoms with Crippen molar-refractivity contribution in [1.29, 1.82) is 0 Å². The number of aromatic nitrogens is 1. The first-order valence-corrected chi connectivity index (χ1v) is 8.89. The summed E-state index contributed by atoms with van der Waals surface area (Å²) in [5.41, 5.74) is 2.77. The normalized spacial score (nSPS) is 10.3. The fourth-order valence-corrected chi connectivity index (χ4v) is 2.75. The van der Waals surface area contributed by atoms with Gasteiger partial charge in [0.15, 0.2) is 0 Å². The molecular formula is C21H20ClN3O. The molecule has 0 saturated carbocycles. The zero-order valence-corrected chi connectivity index (χ0v) is 15.0. The van der Waals surface area contributed by atoms with E-state index in [1.807, 2.05) is 12.1 Å². The summed E-state index contributed by atoms with van der Waals surface area (Å²) in [6, 6.07) is 20.9. The Labute approximate surface area is 158 Å². The van der Waals surface area contributed by atoms with E-state index < -0.39 is 0 Å². The van der Waals surface area contributed by atoms with Crippen LogP contribution in [0.25, 0.3) is 0 Å². The Bertz CT molecular complexity index is 851. The number of hydrogen-bond acceptors (Lipinski definition) is 3. The van der Waals surface area contributed by atoms with Gasteiger partial charge in [0.2, 0.25) is 0 Å². The van der Waals surface area contributed by atoms with E-state index in [2.05, 4.69) is 39.9 Å². The van der Waals surface area contributed by atoms with Crippen LogP contribution in [0.3, 0.4) is 0 Å². The van der Waals surface area contributed by atoms with Gasteiger partial charge in [0.25, 0.3) is 5.91 Å². The molecule has 3 rings (SSSR count). The lowest BCUT2D eigenvalue weighted by atomic mass is 10.1. The highest BCUT2D eigenvalue weighted by molar-refractivity contribution is 6.31. The van der Waals surface area contributed by atoms with E-state index in [0.29, 0.717) is 16.4 Å². The summed E-state index contributed by atoms with van der Waals surface area (Å²) in [7, 11) is 0. The first-order chi connectivity index (χ1) is 12.7. The quantitative estimate of drug-likeness (QED) is 0.577. The van der Waals surface area contributed by atoms with Crippen molar-refractivity contribution in [1.82, 2.24) is 4.98 Å². The van der Waals surface area contributed by atoms with Gasteiger partial charge in [-0.2, -0.15) is 0 Å². The number of carbonyl (C=O) groups is 1. The van der Waals surface area contributed by atoms with E-state index in [4.69, 9.17) is 11.6 Å². The van der Waals surface area contributed by atoms with Crippen LogP contribution in [0, 0.1) is 0 Å². The Hall–Kier alpha value is -2.85. The van der Waals surface area contributed by atoms with Gasteiger partial charge in [-0.05, 0) is 48.7 Å². The van der Waals surface area contributed by atoms with Crippen LogP contribution in [0.4, 0.5) is 11.5 Å². The molecule has 0 fully saturated rings. The van der Waals surface area contributed by atoms with E-state index >= 15 is 0 Å². The molecule has 4 nitrogen and oxygen atoms in total. The van der Waals surface area contributed by atoms with Crippen molar-refractivity contribution in [2.45, 2.75) is 12.8 Å². The minimum atomic E-state index is -0.233. The molecule has 0 atom stereocenters. The third-order valence-electron chi connectivity index (χ3n) is 3.91. The molecule has 1 amide bonds. The first-order valence-electron chi connectivity index (χ1n) is 8.51. The summed E-state index contributed by atoms with van der Waals surface area (Å²) in [5, 5.41) is 6.64. The SMILES string of the molecule is O=C(Nc1ccc(NCCCc2ccccc2)cn1)c1cccc(Cl)c1. The Balaban J connectivity index is 1.46. The number of hydrogen-bond donors (Lipinski definition) is 2. The van der Waals surface area contributed by atoms with Crippen LogP contribution in [0.2, 0.25) is 5.02 Å². The summed E-state index contributed by atoms with van der Waals surface area (Å²) in [6.07, 6.45) is 3.79. The summed E-state index contributed by atoms with van der Waals surface area (Å²) in [4.78, 5) is 16.4. The minimum absolute atomic E-state index is 0.233. The van der Waals surface area contributed by atoms with E-state index in [-0.39, 0.29) is 5.91 Å². The number of pyridine rings is 1. The second-order valence-corrected chi connectivity index (χ2v) is 6.35. The number of benzene rings is 2. The lowest BCUT2D eigenvalue weighted by molar-refractivity contribution is 0.102. The van der Waals surface area contributed by atoms with E-state index in [1.54, 1.807) is 36.5 Å². The van der Waals surface area contributed by atoms with Gasteiger partial charge in [0.1, 0.15) is 5.82 Å². The maximum Gasteiger partial charge on any atom is 0.256 e. The molecule has 132 valence electrons. The number of anilines is 2. The van der Waals surface area contributed by atoms with Crippen molar-refractivity contribution < 1.29 is 4.79 Å². The van der Waals surface area contributed by atoms with Crippen molar-refractivity contribution >= 4 is 29.0 Å². The van der Waals surface area contributed by atoms with Crippen molar-refractivity contribution in [3.05, 3.63) is 89.1 Å². The smallest absolute Gasteiger partial charge is 0.256 e. The Kier molecular flexibility index (Phi) is 6.23. The average Bonchev–Trinajstić information content (AvgIpc) is 2.67. The number of nitrogens with one attached hydrogen (secondary N) is 2. The number of rotatable bonds is 7. The summed E-state index contributed by atoms with van der Waals surface area (Å²) in [6.45, 7) is 0.866. The molecule has 0 spiro atoms. The van der Waals surface area contributed by atoms with Gasteiger partial charge >= 0.3 is 0 Å². The van der Waals surface area contributed by atoms with Crippen LogP contribution < -0.4 is 10.6 Å². The van der Waals surface area contributed by atoms with Gasteiger partial charge in [-0.1, -0.05) is 48.0 Å². The van der Waals surface area contributed by atoms with Gasteiger partial charge in [-0.25, -0.2) is 4.98 Å². The second kappa shape index (κ2) is 9.02. The fraction of sp³-hybridized carbons (Fsp3) is 0.143. The Morgan fingerprint density at radius 3 is 2.58 bits per heavy atom. The lowest BCUT2D eigenvalue weighted by Crippen LogP contribution is -2.13. The average molecular weight is 366 g/mol. The van der Waals surface area contributed by atoms with Gasteiger partial charge in [-0.3, -0.25) is 4.79 Å². The standard InChI is InChI=1S/C21H20ClN3O/c22-18-10-4-9-17(14-18)21(26)25-20-12-11-19(15-24-20)23-13-5-8-16-6-2-1-3-7-16/h1-4,6-7,9-12,14-15,23H,5,8,13H2,(H,24,25,26). The van der Waals surface area contributed by atoms with Crippen LogP contribution in [-0.4, -0.2) is 17.4 Å². The Morgan fingerprint density at radius 2 is 1.85 bits per heavy atom. The molecule has 0 aliphatic rings. The van der Waals surface area contributed by atoms with Crippen LogP contribution in [0.15, 0.2) is 72.9 Å². The third kappa shape index (κ3) is 5.33. The number of halogens is 1. The van der Waals surface area contributed by atoms with Crippen LogP contribution in [0.5, 0.6) is 0 Å². The fourth-order valence-electron chi connectivity index (χ4n) is 2.56. The highest BCUT2D eigenvalue weighted by atomic mass is 35.5. The maximum atomic E-state index is 12.2. The van der Waals surface area contributed by atoms with E-state index in [0.717, 1.165) is 25.1 Å². The highest BCUT2D eigenvalue weighted by Crippen LogP contribution is 2.14. The van der Waals surface area contributed by atoms with Crippen molar-refractivity contribution in [2.75, 3.05) is 17.2 Å². The van der Waals surface area contributed by atoms with Crippen LogP contribution >= 0.6 is 11.6 Å². The molecule has 0 unspecified atom stereocenters. The van der Waals surface area contributed by atoms with Gasteiger partial charge in [-0.15, -0.1) is 0 Å². The molecule has 5 heteroatoms. The zero-order valence-electron chi connectivity index (χ0n) is 14.3. The molecule has 2 N–H and O–H groups in total. The molecule has 1 aromatic heterocycles. The molecular weight excluding hydrogens is 346 g/mol. The molecule has 2 aromatic carbocycles. The third-order valence-corrected chi connectivity index (χ3v) is 4.14. The van der Waals surface area contributed by atoms with Gasteiger partial charge < -0.3 is 10.6 Å². The Morgan fingerprint density at radius 1 is 1.00 bits per heavy atom. The molecule has 3 aromatic rings. The molecule has 0 radical (unpaired) electrons. The van der Waals surface area contributed by atoms with Crippen LogP contribution in [-0.2, 0) is 6.42 Å². The summed E-state index contributed by atoms with van der Waals surface area (Å²) >= 11 is 5.91.